The Morgan fingerprint density at radius 3 is 2.06 bits per heavy atom. The molecule has 1 saturated heterocycles. The maximum Gasteiger partial charge on any atom is 0.335 e. The molecule has 1 aromatic carbocycles. The van der Waals surface area contributed by atoms with E-state index in [1.807, 2.05) is 18.2 Å². The lowest BCUT2D eigenvalue weighted by Gasteiger charge is -2.51. The number of aliphatic hydroxyl groups is 2. The third-order valence-electron chi connectivity index (χ3n) is 7.01. The summed E-state index contributed by atoms with van der Waals surface area (Å²) in [6.45, 7) is 17.5. The fraction of sp³-hybridized carbons (Fsp3) is 0.680. The Bertz CT molecular complexity index is 864. The molecule has 0 spiro atoms. The van der Waals surface area contributed by atoms with E-state index in [1.54, 1.807) is 11.3 Å². The quantitative estimate of drug-likeness (QED) is 0.409. The van der Waals surface area contributed by atoms with Gasteiger partial charge in [-0.15, -0.1) is 11.3 Å². The average molecular weight is 511 g/mol. The van der Waals surface area contributed by atoms with E-state index in [-0.39, 0.29) is 28.8 Å². The van der Waals surface area contributed by atoms with Crippen LogP contribution in [0.1, 0.15) is 72.8 Å². The minimum absolute atomic E-state index is 0.174. The van der Waals surface area contributed by atoms with Gasteiger partial charge < -0.3 is 23.2 Å². The number of hydrogen-bond donors (Lipinski definition) is 2. The summed E-state index contributed by atoms with van der Waals surface area (Å²) in [6, 6.07) is 10.2. The molecule has 2 aromatic rings. The summed E-state index contributed by atoms with van der Waals surface area (Å²) in [5.74, 6) is 0. The zero-order valence-corrected chi connectivity index (χ0v) is 24.2. The number of rotatable bonds is 7. The van der Waals surface area contributed by atoms with Crippen LogP contribution in [0.3, 0.4) is 0 Å². The lowest BCUT2D eigenvalue weighted by atomic mass is 10.1. The van der Waals surface area contributed by atoms with E-state index in [2.05, 4.69) is 67.5 Å². The molecule has 2 N–H and O–H groups in total. The molecule has 3 rings (SSSR count). The van der Waals surface area contributed by atoms with E-state index in [9.17, 15) is 10.2 Å². The van der Waals surface area contributed by atoms with Gasteiger partial charge in [0.1, 0.15) is 6.10 Å². The van der Waals surface area contributed by atoms with Crippen molar-refractivity contribution in [1.29, 1.82) is 0 Å². The van der Waals surface area contributed by atoms with Gasteiger partial charge in [0.05, 0.1) is 18.8 Å². The van der Waals surface area contributed by atoms with Gasteiger partial charge in [-0.2, -0.15) is 0 Å². The fourth-order valence-electron chi connectivity index (χ4n) is 5.06. The molecule has 8 heteroatoms. The van der Waals surface area contributed by atoms with Crippen molar-refractivity contribution in [2.45, 2.75) is 102 Å². The van der Waals surface area contributed by atoms with Crippen LogP contribution in [0.2, 0.25) is 22.2 Å². The van der Waals surface area contributed by atoms with E-state index >= 15 is 0 Å². The molecule has 186 valence electrons. The predicted molar refractivity (Wildman–Crippen MR) is 141 cm³/mol. The minimum Gasteiger partial charge on any atom is -0.414 e. The van der Waals surface area contributed by atoms with Crippen LogP contribution < -0.4 is 0 Å². The highest BCUT2D eigenvalue weighted by molar-refractivity contribution is 7.19. The predicted octanol–water partition coefficient (Wildman–Crippen LogP) is 6.64. The van der Waals surface area contributed by atoms with Crippen LogP contribution in [-0.4, -0.2) is 46.1 Å². The van der Waals surface area contributed by atoms with Crippen LogP contribution >= 0.6 is 11.3 Å². The van der Waals surface area contributed by atoms with E-state index in [1.165, 1.54) is 0 Å². The molecular formula is C25H42O5SSi2. The summed E-state index contributed by atoms with van der Waals surface area (Å²) < 4.78 is 21.8. The highest BCUT2D eigenvalue weighted by Crippen LogP contribution is 2.46. The first kappa shape index (κ1) is 27.0. The van der Waals surface area contributed by atoms with Crippen molar-refractivity contribution in [2.24, 2.45) is 0 Å². The first-order valence-electron chi connectivity index (χ1n) is 12.3. The van der Waals surface area contributed by atoms with Crippen molar-refractivity contribution in [3.05, 3.63) is 35.2 Å². The van der Waals surface area contributed by atoms with Crippen LogP contribution in [0.4, 0.5) is 0 Å². The van der Waals surface area contributed by atoms with E-state index < -0.39 is 35.4 Å². The van der Waals surface area contributed by atoms with Crippen molar-refractivity contribution >= 4 is 38.5 Å². The Morgan fingerprint density at radius 1 is 0.939 bits per heavy atom. The van der Waals surface area contributed by atoms with Gasteiger partial charge in [0.25, 0.3) is 0 Å². The molecule has 1 aromatic heterocycles. The molecule has 0 bridgehead atoms. The standard InChI is InChI=1S/C25H42O5SSi2/c1-16(2)32(17(3)4)28-15-22(27)23(29-33(30-32,18(5)6)19(7)8)14-21(26)25-13-20-11-9-10-12-24(20)31-25/h9-13,16-19,21-23,26-27H,14-15H2,1-8H3/t21?,22-,23+/m1/s1. The molecule has 33 heavy (non-hydrogen) atoms. The van der Waals surface area contributed by atoms with E-state index in [4.69, 9.17) is 13.0 Å². The lowest BCUT2D eigenvalue weighted by Crippen LogP contribution is -2.65. The zero-order chi connectivity index (χ0) is 24.6. The molecule has 1 unspecified atom stereocenters. The van der Waals surface area contributed by atoms with Gasteiger partial charge in [-0.3, -0.25) is 0 Å². The normalized spacial score (nSPS) is 24.5. The van der Waals surface area contributed by atoms with Crippen molar-refractivity contribution in [2.75, 3.05) is 6.61 Å². The topological polar surface area (TPSA) is 68.2 Å². The van der Waals surface area contributed by atoms with Crippen molar-refractivity contribution in [1.82, 2.24) is 0 Å². The zero-order valence-electron chi connectivity index (χ0n) is 21.4. The maximum atomic E-state index is 11.2. The summed E-state index contributed by atoms with van der Waals surface area (Å²) in [6.07, 6.45) is -1.77. The largest absolute Gasteiger partial charge is 0.414 e. The molecule has 1 fully saturated rings. The maximum absolute atomic E-state index is 11.2. The molecule has 0 amide bonds. The van der Waals surface area contributed by atoms with Gasteiger partial charge in [-0.05, 0) is 39.7 Å². The summed E-state index contributed by atoms with van der Waals surface area (Å²) in [5.41, 5.74) is 0.830. The first-order chi connectivity index (χ1) is 15.4. The minimum atomic E-state index is -2.82. The molecule has 0 aliphatic carbocycles. The molecule has 0 radical (unpaired) electrons. The second-order valence-corrected chi connectivity index (χ2v) is 20.6. The second kappa shape index (κ2) is 10.6. The van der Waals surface area contributed by atoms with Gasteiger partial charge in [0.2, 0.25) is 0 Å². The smallest absolute Gasteiger partial charge is 0.335 e. The Morgan fingerprint density at radius 2 is 1.52 bits per heavy atom. The monoisotopic (exact) mass is 510 g/mol. The summed E-state index contributed by atoms with van der Waals surface area (Å²) in [7, 11) is -5.48. The molecule has 1 aliphatic rings. The summed E-state index contributed by atoms with van der Waals surface area (Å²) in [5, 5.41) is 23.5. The Hall–Kier alpha value is -0.586. The van der Waals surface area contributed by atoms with Crippen LogP contribution in [0, 0.1) is 0 Å². The Balaban J connectivity index is 1.95. The van der Waals surface area contributed by atoms with E-state index in [0.717, 1.165) is 15.0 Å². The molecule has 5 nitrogen and oxygen atoms in total. The van der Waals surface area contributed by atoms with Gasteiger partial charge >= 0.3 is 17.1 Å². The van der Waals surface area contributed by atoms with Gasteiger partial charge in [0, 0.05) is 16.0 Å². The number of benzene rings is 1. The van der Waals surface area contributed by atoms with Crippen LogP contribution in [0.25, 0.3) is 10.1 Å². The van der Waals surface area contributed by atoms with Gasteiger partial charge in [-0.25, -0.2) is 0 Å². The molecule has 3 atom stereocenters. The summed E-state index contributed by atoms with van der Waals surface area (Å²) in [4.78, 5) is 0.894. The average Bonchev–Trinajstić information content (AvgIpc) is 3.17. The van der Waals surface area contributed by atoms with E-state index in [0.29, 0.717) is 6.42 Å². The lowest BCUT2D eigenvalue weighted by molar-refractivity contribution is -0.0547. The van der Waals surface area contributed by atoms with Crippen LogP contribution in [0.15, 0.2) is 30.3 Å². The Kier molecular flexibility index (Phi) is 8.66. The third-order valence-corrected chi connectivity index (χ3v) is 18.5. The van der Waals surface area contributed by atoms with Crippen molar-refractivity contribution < 1.29 is 23.2 Å². The number of thiophene rings is 1. The number of aliphatic hydroxyl groups excluding tert-OH is 2. The molecule has 0 saturated carbocycles. The van der Waals surface area contributed by atoms with Gasteiger partial charge in [0.15, 0.2) is 0 Å². The number of fused-ring (bicyclic) bond motifs is 1. The van der Waals surface area contributed by atoms with Crippen LogP contribution in [0.5, 0.6) is 0 Å². The van der Waals surface area contributed by atoms with Crippen LogP contribution in [-0.2, 0) is 13.0 Å². The Labute approximate surface area is 205 Å². The highest BCUT2D eigenvalue weighted by atomic mass is 32.1. The molecule has 1 aliphatic heterocycles. The fourth-order valence-corrected chi connectivity index (χ4v) is 17.4. The second-order valence-electron chi connectivity index (χ2n) is 10.6. The van der Waals surface area contributed by atoms with Crippen molar-refractivity contribution in [3.8, 4) is 0 Å². The molecular weight excluding hydrogens is 469 g/mol. The number of hydrogen-bond acceptors (Lipinski definition) is 6. The molecule has 2 heterocycles. The summed E-state index contributed by atoms with van der Waals surface area (Å²) >= 11 is 1.59. The van der Waals surface area contributed by atoms with Crippen molar-refractivity contribution in [3.63, 3.8) is 0 Å². The highest BCUT2D eigenvalue weighted by Gasteiger charge is 2.58. The third kappa shape index (κ3) is 5.33. The van der Waals surface area contributed by atoms with Gasteiger partial charge in [-0.1, -0.05) is 73.6 Å². The first-order valence-corrected chi connectivity index (χ1v) is 17.0. The SMILES string of the molecule is CC(C)[Si]1(C(C)C)OC[C@@H](O)[C@H](CC(O)c2cc3ccccc3s2)O[Si](C(C)C)(C(C)C)O1.